The lowest BCUT2D eigenvalue weighted by atomic mass is 10.1. The molecule has 1 fully saturated rings. The minimum absolute atomic E-state index is 0.341. The van der Waals surface area contributed by atoms with Gasteiger partial charge in [-0.1, -0.05) is 51.5 Å². The van der Waals surface area contributed by atoms with Crippen molar-refractivity contribution in [3.05, 3.63) is 12.7 Å². The Morgan fingerprint density at radius 2 is 1.58 bits per heavy atom. The Labute approximate surface area is 188 Å². The second-order valence-electron chi connectivity index (χ2n) is 9.05. The molecule has 1 saturated heterocycles. The maximum Gasteiger partial charge on any atom is 0.330 e. The summed E-state index contributed by atoms with van der Waals surface area (Å²) in [5.74, 6) is -0.928. The monoisotopic (exact) mass is 463 g/mol. The van der Waals surface area contributed by atoms with Gasteiger partial charge < -0.3 is 14.3 Å². The van der Waals surface area contributed by atoms with Gasteiger partial charge in [0.25, 0.3) is 10.1 Å². The van der Waals surface area contributed by atoms with Crippen LogP contribution in [0.5, 0.6) is 0 Å². The van der Waals surface area contributed by atoms with E-state index in [1.807, 2.05) is 7.05 Å². The number of likely N-dealkylation sites (N-methyl/N-ethyl adjacent to an activating group) is 1. The van der Waals surface area contributed by atoms with E-state index in [9.17, 15) is 18.3 Å². The summed E-state index contributed by atoms with van der Waals surface area (Å²) in [7, 11) is -2.09. The third-order valence-electron chi connectivity index (χ3n) is 6.00. The van der Waals surface area contributed by atoms with Crippen LogP contribution in [0, 0.1) is 0 Å². The first-order chi connectivity index (χ1) is 14.6. The van der Waals surface area contributed by atoms with Gasteiger partial charge in [0.15, 0.2) is 0 Å². The van der Waals surface area contributed by atoms with Crippen molar-refractivity contribution in [3.63, 3.8) is 0 Å². The van der Waals surface area contributed by atoms with E-state index in [1.165, 1.54) is 51.0 Å². The van der Waals surface area contributed by atoms with Gasteiger partial charge in [0.05, 0.1) is 26.7 Å². The summed E-state index contributed by atoms with van der Waals surface area (Å²) in [6.45, 7) is 8.99. The first-order valence-electron chi connectivity index (χ1n) is 11.6. The summed E-state index contributed by atoms with van der Waals surface area (Å²) in [6.07, 6.45) is 10.9. The van der Waals surface area contributed by atoms with Gasteiger partial charge in [0.1, 0.15) is 18.4 Å². The Morgan fingerprint density at radius 3 is 2.10 bits per heavy atom. The summed E-state index contributed by atoms with van der Waals surface area (Å²) in [6, 6.07) is 0. The Bertz CT molecular complexity index is 617. The molecule has 2 N–H and O–H groups in total. The van der Waals surface area contributed by atoms with Gasteiger partial charge >= 0.3 is 5.97 Å². The van der Waals surface area contributed by atoms with Crippen LogP contribution >= 0.6 is 0 Å². The van der Waals surface area contributed by atoms with E-state index in [0.717, 1.165) is 45.6 Å². The van der Waals surface area contributed by atoms with Crippen LogP contribution in [0.25, 0.3) is 0 Å². The molecule has 182 valence electrons. The summed E-state index contributed by atoms with van der Waals surface area (Å²) >= 11 is 0. The first kappa shape index (κ1) is 28.0. The maximum absolute atomic E-state index is 10.9. The van der Waals surface area contributed by atoms with E-state index >= 15 is 0 Å². The number of hydrogen-bond donors (Lipinski definition) is 2. The van der Waals surface area contributed by atoms with Crippen molar-refractivity contribution in [2.24, 2.45) is 0 Å². The van der Waals surface area contributed by atoms with E-state index in [2.05, 4.69) is 11.5 Å². The van der Waals surface area contributed by atoms with Gasteiger partial charge in [-0.3, -0.25) is 9.45 Å². The van der Waals surface area contributed by atoms with Crippen molar-refractivity contribution in [1.82, 2.24) is 4.90 Å². The zero-order valence-corrected chi connectivity index (χ0v) is 20.0. The molecule has 0 spiro atoms. The Hall–Kier alpha value is -1.00. The third kappa shape index (κ3) is 14.6. The molecule has 0 aromatic heterocycles. The highest BCUT2D eigenvalue weighted by molar-refractivity contribution is 7.85. The summed E-state index contributed by atoms with van der Waals surface area (Å²) < 4.78 is 36.3. The lowest BCUT2D eigenvalue weighted by Gasteiger charge is -2.43. The van der Waals surface area contributed by atoms with Crippen LogP contribution in [0.1, 0.15) is 57.8 Å². The van der Waals surface area contributed by atoms with E-state index in [-0.39, 0.29) is 5.97 Å². The predicted octanol–water partition coefficient (Wildman–Crippen LogP) is 2.24. The minimum atomic E-state index is -4.13. The number of ether oxygens (including phenoxy) is 1. The Morgan fingerprint density at radius 1 is 1.06 bits per heavy atom. The topological polar surface area (TPSA) is 104 Å². The summed E-state index contributed by atoms with van der Waals surface area (Å²) in [5, 5.41) is 9.92. The number of unbranched alkanes of at least 4 members (excludes halogenated alkanes) is 8. The molecule has 1 rings (SSSR count). The fourth-order valence-electron chi connectivity index (χ4n) is 4.11. The van der Waals surface area contributed by atoms with Crippen LogP contribution in [0.15, 0.2) is 12.7 Å². The van der Waals surface area contributed by atoms with E-state index in [1.54, 1.807) is 0 Å². The third-order valence-corrected chi connectivity index (χ3v) is 6.80. The summed E-state index contributed by atoms with van der Waals surface area (Å²) in [5.41, 5.74) is 0. The number of nitrogens with zero attached hydrogens (tertiary/aromatic N) is 2. The van der Waals surface area contributed by atoms with Crippen LogP contribution in [0.4, 0.5) is 0 Å². The number of hydrogen-bond acceptors (Lipinski definition) is 6. The molecule has 9 heteroatoms. The van der Waals surface area contributed by atoms with Crippen molar-refractivity contribution in [2.75, 3.05) is 58.7 Å². The second kappa shape index (κ2) is 14.9. The SMILES string of the molecule is C=CC(=O)OCCCCCCCCCCCN1CC[N+](C)(CC(O)CS(=O)(=O)O)CC1. The number of aliphatic hydroxyl groups excluding tert-OH is 1. The normalized spacial score (nSPS) is 17.9. The van der Waals surface area contributed by atoms with Crippen LogP contribution in [0.3, 0.4) is 0 Å². The number of carbonyl (C=O) groups excluding carboxylic acids is 1. The molecular formula is C22H43N2O6S+. The molecule has 1 aliphatic rings. The molecule has 31 heavy (non-hydrogen) atoms. The molecule has 1 unspecified atom stereocenters. The second-order valence-corrected chi connectivity index (χ2v) is 10.5. The molecule has 0 saturated carbocycles. The predicted molar refractivity (Wildman–Crippen MR) is 122 cm³/mol. The van der Waals surface area contributed by atoms with Crippen LogP contribution in [-0.2, 0) is 19.6 Å². The number of carbonyl (C=O) groups is 1. The van der Waals surface area contributed by atoms with Gasteiger partial charge in [-0.15, -0.1) is 0 Å². The molecule has 0 aromatic carbocycles. The lowest BCUT2D eigenvalue weighted by Crippen LogP contribution is -2.60. The molecule has 0 radical (unpaired) electrons. The molecule has 0 bridgehead atoms. The van der Waals surface area contributed by atoms with Crippen LogP contribution in [0.2, 0.25) is 0 Å². The van der Waals surface area contributed by atoms with Gasteiger partial charge in [0.2, 0.25) is 0 Å². The number of piperazine rings is 1. The average molecular weight is 464 g/mol. The highest BCUT2D eigenvalue weighted by atomic mass is 32.2. The van der Waals surface area contributed by atoms with Gasteiger partial charge in [-0.05, 0) is 19.4 Å². The highest BCUT2D eigenvalue weighted by Gasteiger charge is 2.32. The highest BCUT2D eigenvalue weighted by Crippen LogP contribution is 2.14. The first-order valence-corrected chi connectivity index (χ1v) is 13.2. The molecule has 0 amide bonds. The maximum atomic E-state index is 10.9. The van der Waals surface area contributed by atoms with Crippen LogP contribution in [-0.4, -0.2) is 98.2 Å². The zero-order valence-electron chi connectivity index (χ0n) is 19.2. The molecule has 0 aliphatic carbocycles. The molecule has 8 nitrogen and oxygen atoms in total. The zero-order chi connectivity index (χ0) is 23.2. The standard InChI is InChI=1S/C22H42N2O6S/c1-3-22(26)30-18-12-10-8-6-4-5-7-9-11-13-23-14-16-24(2,17-15-23)19-21(25)20-31(27,28)29/h3,21,25H,1,4-20H2,2H3/p+1. The van der Waals surface area contributed by atoms with Crippen molar-refractivity contribution in [2.45, 2.75) is 63.9 Å². The molecule has 1 atom stereocenters. The van der Waals surface area contributed by atoms with Crippen molar-refractivity contribution in [3.8, 4) is 0 Å². The Balaban J connectivity index is 1.97. The lowest BCUT2D eigenvalue weighted by molar-refractivity contribution is -0.916. The molecule has 1 aliphatic heterocycles. The fraction of sp³-hybridized carbons (Fsp3) is 0.864. The average Bonchev–Trinajstić information content (AvgIpc) is 2.68. The number of quaternary nitrogens is 1. The van der Waals surface area contributed by atoms with Crippen molar-refractivity contribution >= 4 is 16.1 Å². The summed E-state index contributed by atoms with van der Waals surface area (Å²) in [4.78, 5) is 13.4. The number of rotatable bonds is 17. The van der Waals surface area contributed by atoms with E-state index in [0.29, 0.717) is 17.6 Å². The minimum Gasteiger partial charge on any atom is -0.463 e. The van der Waals surface area contributed by atoms with Gasteiger partial charge in [-0.2, -0.15) is 8.42 Å². The molecule has 0 aromatic rings. The number of aliphatic hydroxyl groups is 1. The van der Waals surface area contributed by atoms with Gasteiger partial charge in [-0.25, -0.2) is 4.79 Å². The smallest absolute Gasteiger partial charge is 0.330 e. The quantitative estimate of drug-likeness (QED) is 0.112. The van der Waals surface area contributed by atoms with Gasteiger partial charge in [0, 0.05) is 19.2 Å². The van der Waals surface area contributed by atoms with Crippen LogP contribution < -0.4 is 0 Å². The largest absolute Gasteiger partial charge is 0.463 e. The van der Waals surface area contributed by atoms with Crippen molar-refractivity contribution < 1.29 is 32.1 Å². The van der Waals surface area contributed by atoms with Crippen molar-refractivity contribution in [1.29, 1.82) is 0 Å². The van der Waals surface area contributed by atoms with E-state index in [4.69, 9.17) is 9.29 Å². The molecular weight excluding hydrogens is 420 g/mol. The van der Waals surface area contributed by atoms with E-state index < -0.39 is 22.0 Å². The number of esters is 1. The fourth-order valence-corrected chi connectivity index (χ4v) is 4.70. The molecule has 1 heterocycles. The Kier molecular flexibility index (Phi) is 13.5.